The van der Waals surface area contributed by atoms with Gasteiger partial charge in [-0.05, 0) is 84.1 Å². The zero-order chi connectivity index (χ0) is 38.0. The molecule has 0 spiro atoms. The Kier molecular flexibility index (Phi) is 13.0. The Morgan fingerprint density at radius 2 is 1.55 bits per heavy atom. The van der Waals surface area contributed by atoms with Crippen LogP contribution in [0.4, 0.5) is 0 Å². The van der Waals surface area contributed by atoms with Crippen LogP contribution in [0.5, 0.6) is 0 Å². The van der Waals surface area contributed by atoms with Crippen molar-refractivity contribution in [2.24, 2.45) is 17.3 Å². The van der Waals surface area contributed by atoms with Crippen LogP contribution in [0.15, 0.2) is 77.5 Å². The predicted molar refractivity (Wildman–Crippen MR) is 229 cm³/mol. The molecule has 1 radical (unpaired) electrons. The first-order chi connectivity index (χ1) is 25.8. The number of aryl methyl sites for hydroxylation is 1. The van der Waals surface area contributed by atoms with Crippen molar-refractivity contribution in [1.29, 1.82) is 0 Å². The van der Waals surface area contributed by atoms with Crippen LogP contribution in [-0.4, -0.2) is 23.0 Å². The predicted octanol–water partition coefficient (Wildman–Crippen LogP) is 12.9. The second kappa shape index (κ2) is 17.4. The summed E-state index contributed by atoms with van der Waals surface area (Å²) < 4.78 is 6.39. The Morgan fingerprint density at radius 1 is 0.818 bits per heavy atom. The number of nitrogens with zero attached hydrogens (tertiary/aromatic N) is 3. The third-order valence-electron chi connectivity index (χ3n) is 11.9. The van der Waals surface area contributed by atoms with Gasteiger partial charge in [0, 0.05) is 49.5 Å². The maximum absolute atomic E-state index is 6.39. The van der Waals surface area contributed by atoms with Gasteiger partial charge in [0.2, 0.25) is 5.71 Å². The van der Waals surface area contributed by atoms with E-state index in [2.05, 4.69) is 115 Å². The van der Waals surface area contributed by atoms with Crippen molar-refractivity contribution >= 4 is 35.3 Å². The zero-order valence-electron chi connectivity index (χ0n) is 34.3. The summed E-state index contributed by atoms with van der Waals surface area (Å²) in [5, 5.41) is 3.66. The summed E-state index contributed by atoms with van der Waals surface area (Å²) in [5.41, 5.74) is 11.2. The minimum Gasteiger partial charge on any atom is -0.486 e. The van der Waals surface area contributed by atoms with Gasteiger partial charge < -0.3 is 14.4 Å². The quantitative estimate of drug-likeness (QED) is 0.113. The first kappa shape index (κ1) is 41.2. The fraction of sp³-hybridized carbons (Fsp3) is 0.449. The number of pyridine rings is 3. The molecular formula is C49H59IrN3OSi-2. The molecule has 55 heavy (non-hydrogen) atoms. The molecule has 6 heteroatoms. The van der Waals surface area contributed by atoms with Crippen LogP contribution in [0.1, 0.15) is 107 Å². The largest absolute Gasteiger partial charge is 0.486 e. The molecule has 8 rings (SSSR count). The van der Waals surface area contributed by atoms with Crippen molar-refractivity contribution in [2.75, 3.05) is 0 Å². The molecule has 1 unspecified atom stereocenters. The number of aromatic nitrogens is 3. The first-order valence-corrected chi connectivity index (χ1v) is 24.0. The summed E-state index contributed by atoms with van der Waals surface area (Å²) in [6.07, 6.45) is 17.3. The summed E-state index contributed by atoms with van der Waals surface area (Å²) >= 11 is 0. The van der Waals surface area contributed by atoms with Gasteiger partial charge in [0.25, 0.3) is 0 Å². The molecule has 2 aliphatic carbocycles. The van der Waals surface area contributed by atoms with Gasteiger partial charge in [-0.3, -0.25) is 0 Å². The van der Waals surface area contributed by atoms with E-state index in [4.69, 9.17) is 19.4 Å². The van der Waals surface area contributed by atoms with E-state index < -0.39 is 8.07 Å². The van der Waals surface area contributed by atoms with Crippen LogP contribution in [0.2, 0.25) is 19.6 Å². The number of hydrogen-bond donors (Lipinski definition) is 0. The van der Waals surface area contributed by atoms with Crippen LogP contribution in [0.25, 0.3) is 44.6 Å². The second-order valence-electron chi connectivity index (χ2n) is 18.5. The maximum atomic E-state index is 6.39. The van der Waals surface area contributed by atoms with Crippen LogP contribution in [-0.2, 0) is 32.9 Å². The maximum Gasteiger partial charge on any atom is 0.216 e. The second-order valence-corrected chi connectivity index (χ2v) is 23.5. The Balaban J connectivity index is 0.000000204. The average molecular weight is 926 g/mol. The van der Waals surface area contributed by atoms with Gasteiger partial charge in [-0.25, -0.2) is 4.98 Å². The topological polar surface area (TPSA) is 51.8 Å². The molecule has 4 nitrogen and oxygen atoms in total. The van der Waals surface area contributed by atoms with E-state index in [9.17, 15) is 0 Å². The van der Waals surface area contributed by atoms with Crippen molar-refractivity contribution in [3.05, 3.63) is 108 Å². The Labute approximate surface area is 344 Å². The van der Waals surface area contributed by atoms with E-state index >= 15 is 0 Å². The van der Waals surface area contributed by atoms with E-state index in [1.807, 2.05) is 24.3 Å². The van der Waals surface area contributed by atoms with Crippen molar-refractivity contribution in [2.45, 2.75) is 124 Å². The van der Waals surface area contributed by atoms with E-state index in [1.165, 1.54) is 73.2 Å². The molecule has 1 atom stereocenters. The molecule has 6 aromatic rings. The Bertz CT molecular complexity index is 2200. The molecule has 2 aromatic carbocycles. The Hall–Kier alpha value is -3.44. The molecule has 2 aliphatic rings. The number of benzene rings is 2. The van der Waals surface area contributed by atoms with Gasteiger partial charge in [0.15, 0.2) is 0 Å². The molecule has 0 N–H and O–H groups in total. The number of rotatable bonds is 8. The number of fused-ring (bicyclic) bond motifs is 3. The molecule has 4 aromatic heterocycles. The Morgan fingerprint density at radius 3 is 2.22 bits per heavy atom. The smallest absolute Gasteiger partial charge is 0.216 e. The normalized spacial score (nSPS) is 15.9. The van der Waals surface area contributed by atoms with Gasteiger partial charge in [-0.2, -0.15) is 0 Å². The fourth-order valence-electron chi connectivity index (χ4n) is 8.83. The third kappa shape index (κ3) is 9.75. The first-order valence-electron chi connectivity index (χ1n) is 20.5. The van der Waals surface area contributed by atoms with Crippen molar-refractivity contribution in [3.63, 3.8) is 0 Å². The minimum atomic E-state index is -1.37. The van der Waals surface area contributed by atoms with Gasteiger partial charge in [-0.15, -0.1) is 54.1 Å². The SMILES string of the molecule is CC(C)(C)Cc1cc(-c2[c-]cccc2)ncc1[Si](C)(C)C.Cc1cc(-c2[c-]ccc3c2oc2nc(C(C)C4CCCC4)ccc23)ncc1CC1CCCC1.[Ir]. The van der Waals surface area contributed by atoms with E-state index in [0.717, 1.165) is 75.0 Å². The monoisotopic (exact) mass is 926 g/mol. The van der Waals surface area contributed by atoms with Crippen LogP contribution in [0, 0.1) is 36.3 Å². The number of furan rings is 1. The molecule has 291 valence electrons. The van der Waals surface area contributed by atoms with Crippen LogP contribution in [0.3, 0.4) is 0 Å². The molecule has 2 saturated carbocycles. The number of hydrogen-bond acceptors (Lipinski definition) is 4. The van der Waals surface area contributed by atoms with Gasteiger partial charge in [-0.1, -0.05) is 120 Å². The summed E-state index contributed by atoms with van der Waals surface area (Å²) in [6.45, 7) is 18.6. The third-order valence-corrected chi connectivity index (χ3v) is 13.9. The molecule has 2 fully saturated rings. The fourth-order valence-corrected chi connectivity index (χ4v) is 10.4. The average Bonchev–Trinajstić information content (AvgIpc) is 3.94. The van der Waals surface area contributed by atoms with Gasteiger partial charge in [0.05, 0.1) is 13.7 Å². The van der Waals surface area contributed by atoms with Crippen LogP contribution < -0.4 is 5.19 Å². The standard InChI is InChI=1S/C30H33N2O.C19H26NSi.Ir/c1-19-16-28(31-18-23(19)17-21-8-3-4-9-21)26-13-7-12-24-25-14-15-27(32-30(25)33-29(24)26)20(2)22-10-5-6-11-22;1-19(2,3)13-16-12-17(15-10-8-7-9-11-15)20-14-18(16)21(4,5)6;/h7,12,14-16,18,20-22H,3-6,8-11,17H2,1-2H3;7-10,12,14H,13H2,1-6H3;/q2*-1;. The minimum absolute atomic E-state index is 0. The van der Waals surface area contributed by atoms with Crippen molar-refractivity contribution < 1.29 is 24.5 Å². The summed E-state index contributed by atoms with van der Waals surface area (Å²) in [5.74, 6) is 2.06. The van der Waals surface area contributed by atoms with E-state index in [-0.39, 0.29) is 25.5 Å². The molecule has 0 saturated heterocycles. The van der Waals surface area contributed by atoms with Crippen molar-refractivity contribution in [1.82, 2.24) is 15.0 Å². The molecular weight excluding hydrogens is 867 g/mol. The van der Waals surface area contributed by atoms with Crippen molar-refractivity contribution in [3.8, 4) is 22.5 Å². The van der Waals surface area contributed by atoms with Gasteiger partial charge >= 0.3 is 0 Å². The zero-order valence-corrected chi connectivity index (χ0v) is 37.7. The molecule has 0 amide bonds. The molecule has 0 aliphatic heterocycles. The summed E-state index contributed by atoms with van der Waals surface area (Å²) in [4.78, 5) is 14.5. The van der Waals surface area contributed by atoms with Crippen LogP contribution >= 0.6 is 0 Å². The summed E-state index contributed by atoms with van der Waals surface area (Å²) in [7, 11) is -1.37. The molecule has 0 bridgehead atoms. The summed E-state index contributed by atoms with van der Waals surface area (Å²) in [6, 6.07) is 27.7. The van der Waals surface area contributed by atoms with Gasteiger partial charge in [0.1, 0.15) is 0 Å². The molecule has 4 heterocycles. The van der Waals surface area contributed by atoms with E-state index in [1.54, 1.807) is 0 Å². The van der Waals surface area contributed by atoms with E-state index in [0.29, 0.717) is 5.92 Å².